The van der Waals surface area contributed by atoms with Gasteiger partial charge >= 0.3 is 0 Å². The van der Waals surface area contributed by atoms with E-state index in [1.165, 1.54) is 11.3 Å². The highest BCUT2D eigenvalue weighted by Gasteiger charge is 2.31. The quantitative estimate of drug-likeness (QED) is 0.877. The van der Waals surface area contributed by atoms with Crippen molar-refractivity contribution in [1.29, 1.82) is 0 Å². The van der Waals surface area contributed by atoms with Crippen LogP contribution in [0.25, 0.3) is 0 Å². The summed E-state index contributed by atoms with van der Waals surface area (Å²) in [4.78, 5) is 17.7. The SMILES string of the molecule is Cc1cc(NC(=O)c2sc(C(C)C)nc2C)n(C2CCS(=O)(=O)C2)n1. The molecule has 1 aliphatic rings. The largest absolute Gasteiger partial charge is 0.306 e. The van der Waals surface area contributed by atoms with Crippen molar-refractivity contribution < 1.29 is 13.2 Å². The molecule has 0 aliphatic carbocycles. The number of thiazole rings is 1. The fraction of sp³-hybridized carbons (Fsp3) is 0.562. The van der Waals surface area contributed by atoms with Crippen molar-refractivity contribution in [3.05, 3.63) is 27.3 Å². The van der Waals surface area contributed by atoms with Crippen molar-refractivity contribution >= 4 is 32.9 Å². The molecule has 136 valence electrons. The molecule has 1 atom stereocenters. The van der Waals surface area contributed by atoms with Crippen LogP contribution in [0, 0.1) is 13.8 Å². The van der Waals surface area contributed by atoms with Crippen LogP contribution in [-0.4, -0.2) is 40.6 Å². The third kappa shape index (κ3) is 3.77. The Hall–Kier alpha value is -1.74. The fourth-order valence-electron chi connectivity index (χ4n) is 2.90. The average molecular weight is 383 g/mol. The molecule has 3 rings (SSSR count). The van der Waals surface area contributed by atoms with Crippen molar-refractivity contribution in [2.45, 2.75) is 46.1 Å². The lowest BCUT2D eigenvalue weighted by Crippen LogP contribution is -2.19. The van der Waals surface area contributed by atoms with Crippen molar-refractivity contribution in [3.8, 4) is 0 Å². The molecule has 0 bridgehead atoms. The van der Waals surface area contributed by atoms with E-state index in [1.807, 2.05) is 27.7 Å². The minimum atomic E-state index is -3.03. The van der Waals surface area contributed by atoms with Gasteiger partial charge in [0.25, 0.3) is 5.91 Å². The molecule has 1 fully saturated rings. The number of aryl methyl sites for hydroxylation is 2. The van der Waals surface area contributed by atoms with Crippen LogP contribution in [0.2, 0.25) is 0 Å². The second kappa shape index (κ2) is 6.53. The van der Waals surface area contributed by atoms with Gasteiger partial charge in [-0.3, -0.25) is 4.79 Å². The Labute approximate surface area is 151 Å². The second-order valence-electron chi connectivity index (χ2n) is 6.75. The highest BCUT2D eigenvalue weighted by Crippen LogP contribution is 2.29. The van der Waals surface area contributed by atoms with Crippen LogP contribution in [0.3, 0.4) is 0 Å². The van der Waals surface area contributed by atoms with E-state index < -0.39 is 9.84 Å². The van der Waals surface area contributed by atoms with Crippen LogP contribution in [-0.2, 0) is 9.84 Å². The standard InChI is InChI=1S/C16H22N4O3S2/c1-9(2)16-17-11(4)14(24-16)15(21)18-13-7-10(3)19-20(13)12-5-6-25(22,23)8-12/h7,9,12H,5-6,8H2,1-4H3,(H,18,21). The van der Waals surface area contributed by atoms with E-state index in [2.05, 4.69) is 15.4 Å². The van der Waals surface area contributed by atoms with E-state index in [1.54, 1.807) is 10.7 Å². The molecular formula is C16H22N4O3S2. The Bertz CT molecular complexity index is 912. The van der Waals surface area contributed by atoms with Crippen LogP contribution < -0.4 is 5.32 Å². The summed E-state index contributed by atoms with van der Waals surface area (Å²) in [5.41, 5.74) is 1.45. The van der Waals surface area contributed by atoms with Crippen LogP contribution in [0.15, 0.2) is 6.07 Å². The third-order valence-electron chi connectivity index (χ3n) is 4.17. The van der Waals surface area contributed by atoms with E-state index in [9.17, 15) is 13.2 Å². The Morgan fingerprint density at radius 3 is 2.68 bits per heavy atom. The normalized spacial score (nSPS) is 19.5. The van der Waals surface area contributed by atoms with Crippen LogP contribution in [0.4, 0.5) is 5.82 Å². The number of nitrogens with one attached hydrogen (secondary N) is 1. The number of hydrogen-bond acceptors (Lipinski definition) is 6. The number of rotatable bonds is 4. The monoisotopic (exact) mass is 382 g/mol. The van der Waals surface area contributed by atoms with Gasteiger partial charge in [-0.25, -0.2) is 18.1 Å². The fourth-order valence-corrected chi connectivity index (χ4v) is 5.56. The topological polar surface area (TPSA) is 94.0 Å². The van der Waals surface area contributed by atoms with Crippen LogP contribution >= 0.6 is 11.3 Å². The van der Waals surface area contributed by atoms with Crippen molar-refractivity contribution in [1.82, 2.24) is 14.8 Å². The summed E-state index contributed by atoms with van der Waals surface area (Å²) >= 11 is 1.39. The molecule has 7 nitrogen and oxygen atoms in total. The molecule has 0 radical (unpaired) electrons. The van der Waals surface area contributed by atoms with Gasteiger partial charge in [-0.1, -0.05) is 13.8 Å². The number of carbonyl (C=O) groups is 1. The van der Waals surface area contributed by atoms with E-state index in [0.29, 0.717) is 22.8 Å². The first-order valence-electron chi connectivity index (χ1n) is 8.21. The predicted octanol–water partition coefficient (Wildman–Crippen LogP) is 2.69. The molecule has 2 aromatic heterocycles. The van der Waals surface area contributed by atoms with Gasteiger partial charge in [0.2, 0.25) is 0 Å². The molecule has 1 aliphatic heterocycles. The van der Waals surface area contributed by atoms with Gasteiger partial charge in [0, 0.05) is 12.0 Å². The van der Waals surface area contributed by atoms with Gasteiger partial charge in [-0.05, 0) is 20.3 Å². The van der Waals surface area contributed by atoms with E-state index >= 15 is 0 Å². The molecule has 1 unspecified atom stereocenters. The number of anilines is 1. The van der Waals surface area contributed by atoms with Crippen molar-refractivity contribution in [3.63, 3.8) is 0 Å². The van der Waals surface area contributed by atoms with Gasteiger partial charge in [0.15, 0.2) is 9.84 Å². The molecule has 1 amide bonds. The maximum atomic E-state index is 12.7. The highest BCUT2D eigenvalue weighted by atomic mass is 32.2. The maximum Gasteiger partial charge on any atom is 0.268 e. The Kier molecular flexibility index (Phi) is 4.72. The zero-order chi connectivity index (χ0) is 18.4. The van der Waals surface area contributed by atoms with Gasteiger partial charge < -0.3 is 5.32 Å². The van der Waals surface area contributed by atoms with Crippen LogP contribution in [0.5, 0.6) is 0 Å². The van der Waals surface area contributed by atoms with Crippen LogP contribution in [0.1, 0.15) is 58.3 Å². The minimum Gasteiger partial charge on any atom is -0.306 e. The molecule has 2 aromatic rings. The molecule has 1 N–H and O–H groups in total. The lowest BCUT2D eigenvalue weighted by Gasteiger charge is -2.13. The molecule has 9 heteroatoms. The maximum absolute atomic E-state index is 12.7. The molecule has 1 saturated heterocycles. The molecule has 0 aromatic carbocycles. The van der Waals surface area contributed by atoms with Gasteiger partial charge in [-0.2, -0.15) is 5.10 Å². The van der Waals surface area contributed by atoms with Gasteiger partial charge in [0.05, 0.1) is 33.9 Å². The second-order valence-corrected chi connectivity index (χ2v) is 10.0. The Morgan fingerprint density at radius 1 is 1.40 bits per heavy atom. The summed E-state index contributed by atoms with van der Waals surface area (Å²) in [7, 11) is -3.03. The summed E-state index contributed by atoms with van der Waals surface area (Å²) in [6, 6.07) is 1.53. The number of aromatic nitrogens is 3. The number of nitrogens with zero attached hydrogens (tertiary/aromatic N) is 3. The van der Waals surface area contributed by atoms with Gasteiger partial charge in [0.1, 0.15) is 10.7 Å². The number of sulfone groups is 1. The predicted molar refractivity (Wildman–Crippen MR) is 98.2 cm³/mol. The summed E-state index contributed by atoms with van der Waals surface area (Å²) in [5.74, 6) is 0.790. The Morgan fingerprint density at radius 2 is 2.12 bits per heavy atom. The first kappa shape index (κ1) is 18.1. The summed E-state index contributed by atoms with van der Waals surface area (Å²) in [5, 5.41) is 8.19. The summed E-state index contributed by atoms with van der Waals surface area (Å²) in [6.07, 6.45) is 0.517. The summed E-state index contributed by atoms with van der Waals surface area (Å²) < 4.78 is 25.1. The molecule has 0 spiro atoms. The Balaban J connectivity index is 1.85. The van der Waals surface area contributed by atoms with E-state index in [-0.39, 0.29) is 29.4 Å². The minimum absolute atomic E-state index is 0.0636. The third-order valence-corrected chi connectivity index (χ3v) is 7.37. The van der Waals surface area contributed by atoms with Crippen molar-refractivity contribution in [2.75, 3.05) is 16.8 Å². The zero-order valence-electron chi connectivity index (χ0n) is 14.7. The first-order valence-corrected chi connectivity index (χ1v) is 10.9. The first-order chi connectivity index (χ1) is 11.7. The lowest BCUT2D eigenvalue weighted by atomic mass is 10.2. The lowest BCUT2D eigenvalue weighted by molar-refractivity contribution is 0.102. The van der Waals surface area contributed by atoms with Gasteiger partial charge in [-0.15, -0.1) is 11.3 Å². The average Bonchev–Trinajstić information content (AvgIpc) is 3.16. The molecule has 3 heterocycles. The number of carbonyl (C=O) groups excluding carboxylic acids is 1. The summed E-state index contributed by atoms with van der Waals surface area (Å²) in [6.45, 7) is 7.73. The van der Waals surface area contributed by atoms with E-state index in [0.717, 1.165) is 10.7 Å². The number of amides is 1. The zero-order valence-corrected chi connectivity index (χ0v) is 16.4. The molecule has 0 saturated carbocycles. The molecule has 25 heavy (non-hydrogen) atoms. The highest BCUT2D eigenvalue weighted by molar-refractivity contribution is 7.91. The molecular weight excluding hydrogens is 360 g/mol. The van der Waals surface area contributed by atoms with Crippen molar-refractivity contribution in [2.24, 2.45) is 0 Å². The van der Waals surface area contributed by atoms with E-state index in [4.69, 9.17) is 0 Å². The smallest absolute Gasteiger partial charge is 0.268 e. The number of hydrogen-bond donors (Lipinski definition) is 1.